The van der Waals surface area contributed by atoms with Crippen LogP contribution >= 0.6 is 0 Å². The minimum atomic E-state index is -0.177. The molecule has 0 fully saturated rings. The van der Waals surface area contributed by atoms with E-state index < -0.39 is 0 Å². The first-order valence-electron chi connectivity index (χ1n) is 10.8. The Hall–Kier alpha value is -4.26. The molecule has 5 rings (SSSR count). The fourth-order valence-corrected chi connectivity index (χ4v) is 4.05. The number of aromatic nitrogens is 4. The van der Waals surface area contributed by atoms with Crippen LogP contribution < -0.4 is 10.2 Å². The molecule has 7 nitrogen and oxygen atoms in total. The Morgan fingerprint density at radius 2 is 1.73 bits per heavy atom. The number of benzene rings is 3. The van der Waals surface area contributed by atoms with Crippen molar-refractivity contribution >= 4 is 23.2 Å². The van der Waals surface area contributed by atoms with Crippen molar-refractivity contribution in [3.05, 3.63) is 107 Å². The summed E-state index contributed by atoms with van der Waals surface area (Å²) in [7, 11) is 0. The molecule has 0 spiro atoms. The zero-order chi connectivity index (χ0) is 22.8. The van der Waals surface area contributed by atoms with Gasteiger partial charge in [-0.15, -0.1) is 0 Å². The van der Waals surface area contributed by atoms with Crippen LogP contribution in [0.15, 0.2) is 84.9 Å². The third kappa shape index (κ3) is 4.25. The fourth-order valence-electron chi connectivity index (χ4n) is 4.05. The molecule has 1 unspecified atom stereocenters. The van der Waals surface area contributed by atoms with E-state index in [9.17, 15) is 4.79 Å². The van der Waals surface area contributed by atoms with Crippen LogP contribution in [0.3, 0.4) is 0 Å². The molecular formula is C26H24N6O. The highest BCUT2D eigenvalue weighted by Gasteiger charge is 2.31. The Balaban J connectivity index is 1.53. The number of carbonyl (C=O) groups is 1. The second kappa shape index (κ2) is 8.70. The normalized spacial score (nSPS) is 15.0. The van der Waals surface area contributed by atoms with Crippen molar-refractivity contribution < 1.29 is 4.79 Å². The van der Waals surface area contributed by atoms with Crippen LogP contribution in [0.1, 0.15) is 28.3 Å². The third-order valence-electron chi connectivity index (χ3n) is 5.68. The number of allylic oxidation sites excluding steroid dienone is 1. The summed E-state index contributed by atoms with van der Waals surface area (Å²) in [6.07, 6.45) is 2.11. The van der Waals surface area contributed by atoms with Gasteiger partial charge in [0, 0.05) is 5.69 Å². The molecule has 7 heteroatoms. The number of hydrogen-bond donors (Lipinski definition) is 1. The number of carbonyl (C=O) groups excluding carboxylic acids is 1. The first kappa shape index (κ1) is 20.6. The summed E-state index contributed by atoms with van der Waals surface area (Å²) in [5.74, 6) is 0.382. The van der Waals surface area contributed by atoms with Gasteiger partial charge >= 0.3 is 0 Å². The topological polar surface area (TPSA) is 75.9 Å². The number of anilines is 2. The van der Waals surface area contributed by atoms with Crippen molar-refractivity contribution in [3.63, 3.8) is 0 Å². The second-order valence-electron chi connectivity index (χ2n) is 8.20. The number of hydrogen-bond acceptors (Lipinski definition) is 5. The van der Waals surface area contributed by atoms with Gasteiger partial charge in [0.2, 0.25) is 5.91 Å². The number of aryl methyl sites for hydroxylation is 2. The number of tetrazole rings is 1. The molecule has 0 aliphatic carbocycles. The highest BCUT2D eigenvalue weighted by Crippen LogP contribution is 2.36. The van der Waals surface area contributed by atoms with E-state index in [0.717, 1.165) is 28.1 Å². The van der Waals surface area contributed by atoms with Crippen LogP contribution in [0, 0.1) is 13.8 Å². The predicted octanol–water partition coefficient (Wildman–Crippen LogP) is 4.38. The number of rotatable bonds is 5. The van der Waals surface area contributed by atoms with Crippen molar-refractivity contribution in [2.75, 3.05) is 16.8 Å². The molecule has 164 valence electrons. The van der Waals surface area contributed by atoms with Crippen molar-refractivity contribution in [3.8, 4) is 0 Å². The molecule has 0 radical (unpaired) electrons. The molecule has 3 aromatic carbocycles. The van der Waals surface area contributed by atoms with Crippen molar-refractivity contribution in [2.24, 2.45) is 0 Å². The molecule has 0 saturated carbocycles. The summed E-state index contributed by atoms with van der Waals surface area (Å²) in [4.78, 5) is 14.9. The first-order valence-corrected chi connectivity index (χ1v) is 10.8. The van der Waals surface area contributed by atoms with Gasteiger partial charge in [0.15, 0.2) is 0 Å². The summed E-state index contributed by atoms with van der Waals surface area (Å²) in [5.41, 5.74) is 5.98. The number of amides is 1. The van der Waals surface area contributed by atoms with Crippen LogP contribution in [0.4, 0.5) is 11.6 Å². The molecule has 1 aliphatic rings. The average Bonchev–Trinajstić information content (AvgIpc) is 3.31. The van der Waals surface area contributed by atoms with Gasteiger partial charge in [0.05, 0.1) is 5.70 Å². The van der Waals surface area contributed by atoms with Gasteiger partial charge in [0.25, 0.3) is 5.95 Å². The van der Waals surface area contributed by atoms with E-state index in [-0.39, 0.29) is 18.5 Å². The SMILES string of the molecule is Cc1ccc(C2=CC(c3ccccc3)n3nnnc3N2CC(=O)Nc2cccc(C)c2)cc1. The summed E-state index contributed by atoms with van der Waals surface area (Å²) >= 11 is 0. The monoisotopic (exact) mass is 436 g/mol. The zero-order valence-electron chi connectivity index (χ0n) is 18.5. The Morgan fingerprint density at radius 3 is 2.48 bits per heavy atom. The summed E-state index contributed by atoms with van der Waals surface area (Å²) in [5, 5.41) is 15.5. The highest BCUT2D eigenvalue weighted by molar-refractivity contribution is 5.97. The number of fused-ring (bicyclic) bond motifs is 1. The van der Waals surface area contributed by atoms with Gasteiger partial charge in [-0.1, -0.05) is 77.4 Å². The van der Waals surface area contributed by atoms with Crippen LogP contribution in [-0.2, 0) is 4.79 Å². The Kier molecular flexibility index (Phi) is 5.44. The summed E-state index contributed by atoms with van der Waals surface area (Å²) < 4.78 is 1.76. The van der Waals surface area contributed by atoms with Gasteiger partial charge in [-0.25, -0.2) is 0 Å². The van der Waals surface area contributed by atoms with Crippen molar-refractivity contribution in [1.29, 1.82) is 0 Å². The maximum Gasteiger partial charge on any atom is 0.251 e. The molecule has 1 amide bonds. The first-order chi connectivity index (χ1) is 16.1. The number of nitrogens with zero attached hydrogens (tertiary/aromatic N) is 5. The van der Waals surface area contributed by atoms with Crippen LogP contribution in [0.25, 0.3) is 5.70 Å². The van der Waals surface area contributed by atoms with Gasteiger partial charge in [-0.3, -0.25) is 9.69 Å². The van der Waals surface area contributed by atoms with E-state index in [2.05, 4.69) is 70.2 Å². The third-order valence-corrected chi connectivity index (χ3v) is 5.68. The Labute approximate surface area is 192 Å². The lowest BCUT2D eigenvalue weighted by atomic mass is 10.00. The minimum Gasteiger partial charge on any atom is -0.325 e. The lowest BCUT2D eigenvalue weighted by Crippen LogP contribution is -2.37. The molecule has 1 atom stereocenters. The highest BCUT2D eigenvalue weighted by atomic mass is 16.2. The van der Waals surface area contributed by atoms with E-state index in [0.29, 0.717) is 5.95 Å². The average molecular weight is 437 g/mol. The van der Waals surface area contributed by atoms with E-state index in [1.807, 2.05) is 54.3 Å². The molecule has 0 bridgehead atoms. The molecule has 1 aliphatic heterocycles. The maximum absolute atomic E-state index is 13.0. The molecule has 1 aromatic heterocycles. The zero-order valence-corrected chi connectivity index (χ0v) is 18.5. The molecule has 4 aromatic rings. The Morgan fingerprint density at radius 1 is 0.939 bits per heavy atom. The van der Waals surface area contributed by atoms with Gasteiger partial charge in [0.1, 0.15) is 12.6 Å². The minimum absolute atomic E-state index is 0.0789. The molecule has 0 saturated heterocycles. The second-order valence-corrected chi connectivity index (χ2v) is 8.20. The van der Waals surface area contributed by atoms with E-state index in [4.69, 9.17) is 0 Å². The quantitative estimate of drug-likeness (QED) is 0.503. The van der Waals surface area contributed by atoms with E-state index >= 15 is 0 Å². The lowest BCUT2D eigenvalue weighted by Gasteiger charge is -2.32. The van der Waals surface area contributed by atoms with Crippen molar-refractivity contribution in [1.82, 2.24) is 20.2 Å². The van der Waals surface area contributed by atoms with E-state index in [1.54, 1.807) is 4.68 Å². The molecule has 1 N–H and O–H groups in total. The van der Waals surface area contributed by atoms with Crippen LogP contribution in [0.2, 0.25) is 0 Å². The predicted molar refractivity (Wildman–Crippen MR) is 129 cm³/mol. The van der Waals surface area contributed by atoms with Gasteiger partial charge in [-0.2, -0.15) is 4.68 Å². The van der Waals surface area contributed by atoms with Gasteiger partial charge < -0.3 is 5.32 Å². The van der Waals surface area contributed by atoms with Gasteiger partial charge in [-0.05, 0) is 59.2 Å². The summed E-state index contributed by atoms with van der Waals surface area (Å²) in [6.45, 7) is 4.13. The fraction of sp³-hybridized carbons (Fsp3) is 0.154. The molecule has 2 heterocycles. The van der Waals surface area contributed by atoms with Crippen LogP contribution in [-0.4, -0.2) is 32.7 Å². The largest absolute Gasteiger partial charge is 0.325 e. The molecular weight excluding hydrogens is 412 g/mol. The van der Waals surface area contributed by atoms with Crippen molar-refractivity contribution in [2.45, 2.75) is 19.9 Å². The Bertz CT molecular complexity index is 1310. The molecule has 33 heavy (non-hydrogen) atoms. The maximum atomic E-state index is 13.0. The summed E-state index contributed by atoms with van der Waals surface area (Å²) in [6, 6.07) is 25.9. The van der Waals surface area contributed by atoms with E-state index in [1.165, 1.54) is 5.56 Å². The smallest absolute Gasteiger partial charge is 0.251 e. The number of nitrogens with one attached hydrogen (secondary N) is 1. The van der Waals surface area contributed by atoms with Crippen LogP contribution in [0.5, 0.6) is 0 Å². The standard InChI is InChI=1S/C26H24N6O/c1-18-11-13-21(14-12-18)23-16-24(20-8-4-3-5-9-20)32-26(28-29-30-32)31(23)17-25(33)27-22-10-6-7-19(2)15-22/h3-16,24H,17H2,1-2H3,(H,27,33). The lowest BCUT2D eigenvalue weighted by molar-refractivity contribution is -0.114.